The van der Waals surface area contributed by atoms with Gasteiger partial charge in [-0.3, -0.25) is 9.59 Å². The molecule has 0 saturated carbocycles. The standard InChI is InChI=1S/C21H23NO4/c1-15(2)20(22-19(24)13-16-9-5-3-6-10-16)21(25)26-14-18(23)17-11-7-4-8-12-17/h3-12,15,20H,13-14H2,1-2H3,(H,22,24)/t20-/m0/s1. The molecule has 0 bridgehead atoms. The van der Waals surface area contributed by atoms with E-state index < -0.39 is 12.0 Å². The lowest BCUT2D eigenvalue weighted by Gasteiger charge is -2.20. The van der Waals surface area contributed by atoms with Gasteiger partial charge in [-0.15, -0.1) is 0 Å². The molecule has 2 aromatic carbocycles. The number of benzene rings is 2. The van der Waals surface area contributed by atoms with Crippen LogP contribution in [0.25, 0.3) is 0 Å². The second-order valence-corrected chi connectivity index (χ2v) is 6.35. The van der Waals surface area contributed by atoms with Crippen molar-refractivity contribution < 1.29 is 19.1 Å². The van der Waals surface area contributed by atoms with Gasteiger partial charge in [-0.1, -0.05) is 74.5 Å². The SMILES string of the molecule is CC(C)[C@H](NC(=O)Cc1ccccc1)C(=O)OCC(=O)c1ccccc1. The highest BCUT2D eigenvalue weighted by Crippen LogP contribution is 2.07. The van der Waals surface area contributed by atoms with Gasteiger partial charge in [0.1, 0.15) is 6.04 Å². The van der Waals surface area contributed by atoms with Crippen molar-refractivity contribution in [3.8, 4) is 0 Å². The van der Waals surface area contributed by atoms with Crippen molar-refractivity contribution in [1.29, 1.82) is 0 Å². The molecule has 1 amide bonds. The van der Waals surface area contributed by atoms with Gasteiger partial charge in [0.25, 0.3) is 0 Å². The summed E-state index contributed by atoms with van der Waals surface area (Å²) >= 11 is 0. The average Bonchev–Trinajstić information content (AvgIpc) is 2.65. The summed E-state index contributed by atoms with van der Waals surface area (Å²) in [4.78, 5) is 36.6. The van der Waals surface area contributed by atoms with Crippen LogP contribution in [0.5, 0.6) is 0 Å². The fourth-order valence-electron chi connectivity index (χ4n) is 2.44. The molecular weight excluding hydrogens is 330 g/mol. The summed E-state index contributed by atoms with van der Waals surface area (Å²) in [7, 11) is 0. The number of ketones is 1. The summed E-state index contributed by atoms with van der Waals surface area (Å²) < 4.78 is 5.13. The van der Waals surface area contributed by atoms with Gasteiger partial charge < -0.3 is 10.1 Å². The molecule has 5 heteroatoms. The minimum absolute atomic E-state index is 0.158. The van der Waals surface area contributed by atoms with E-state index >= 15 is 0 Å². The molecule has 136 valence electrons. The van der Waals surface area contributed by atoms with Crippen LogP contribution in [0.4, 0.5) is 0 Å². The molecule has 26 heavy (non-hydrogen) atoms. The zero-order valence-corrected chi connectivity index (χ0v) is 15.0. The summed E-state index contributed by atoms with van der Waals surface area (Å²) in [5.41, 5.74) is 1.34. The second-order valence-electron chi connectivity index (χ2n) is 6.35. The number of rotatable bonds is 8. The molecule has 0 unspecified atom stereocenters. The highest BCUT2D eigenvalue weighted by atomic mass is 16.5. The van der Waals surface area contributed by atoms with Crippen LogP contribution < -0.4 is 5.32 Å². The lowest BCUT2D eigenvalue weighted by Crippen LogP contribution is -2.46. The first-order valence-corrected chi connectivity index (χ1v) is 8.55. The molecule has 5 nitrogen and oxygen atoms in total. The number of amides is 1. The normalized spacial score (nSPS) is 11.7. The number of carbonyl (C=O) groups is 3. The van der Waals surface area contributed by atoms with Crippen LogP contribution in [0.3, 0.4) is 0 Å². The van der Waals surface area contributed by atoms with Gasteiger partial charge in [-0.25, -0.2) is 4.79 Å². The number of ether oxygens (including phenoxy) is 1. The molecule has 0 fully saturated rings. The zero-order chi connectivity index (χ0) is 18.9. The fourth-order valence-corrected chi connectivity index (χ4v) is 2.44. The predicted molar refractivity (Wildman–Crippen MR) is 98.6 cm³/mol. The smallest absolute Gasteiger partial charge is 0.329 e. The van der Waals surface area contributed by atoms with Gasteiger partial charge in [0.2, 0.25) is 5.91 Å². The molecule has 0 aliphatic carbocycles. The Kier molecular flexibility index (Phi) is 7.09. The summed E-state index contributed by atoms with van der Waals surface area (Å²) in [6, 6.07) is 17.1. The first-order valence-electron chi connectivity index (χ1n) is 8.55. The number of Topliss-reactive ketones (excluding diaryl/α,β-unsaturated/α-hetero) is 1. The van der Waals surface area contributed by atoms with Gasteiger partial charge in [0.15, 0.2) is 12.4 Å². The van der Waals surface area contributed by atoms with Crippen LogP contribution in [-0.2, 0) is 20.7 Å². The maximum atomic E-state index is 12.3. The van der Waals surface area contributed by atoms with Crippen molar-refractivity contribution in [2.24, 2.45) is 5.92 Å². The molecule has 0 aliphatic rings. The van der Waals surface area contributed by atoms with E-state index in [1.165, 1.54) is 0 Å². The average molecular weight is 353 g/mol. The molecule has 1 N–H and O–H groups in total. The van der Waals surface area contributed by atoms with Crippen LogP contribution in [0, 0.1) is 5.92 Å². The monoisotopic (exact) mass is 353 g/mol. The van der Waals surface area contributed by atoms with Crippen molar-refractivity contribution in [3.63, 3.8) is 0 Å². The highest BCUT2D eigenvalue weighted by molar-refractivity contribution is 5.98. The van der Waals surface area contributed by atoms with Crippen LogP contribution in [0.15, 0.2) is 60.7 Å². The molecule has 0 heterocycles. The largest absolute Gasteiger partial charge is 0.456 e. The Balaban J connectivity index is 1.90. The number of hydrogen-bond donors (Lipinski definition) is 1. The minimum atomic E-state index is -0.796. The summed E-state index contributed by atoms with van der Waals surface area (Å²) in [6.45, 7) is 3.28. The third-order valence-electron chi connectivity index (χ3n) is 3.89. The van der Waals surface area contributed by atoms with Crippen molar-refractivity contribution in [1.82, 2.24) is 5.32 Å². The Morgan fingerprint density at radius 2 is 1.50 bits per heavy atom. The Morgan fingerprint density at radius 3 is 2.08 bits per heavy atom. The van der Waals surface area contributed by atoms with Gasteiger partial charge in [0.05, 0.1) is 6.42 Å². The van der Waals surface area contributed by atoms with Gasteiger partial charge in [-0.05, 0) is 11.5 Å². The molecular formula is C21H23NO4. The van der Waals surface area contributed by atoms with Gasteiger partial charge >= 0.3 is 5.97 Å². The van der Waals surface area contributed by atoms with Crippen molar-refractivity contribution >= 4 is 17.7 Å². The maximum Gasteiger partial charge on any atom is 0.329 e. The van der Waals surface area contributed by atoms with Crippen molar-refractivity contribution in [3.05, 3.63) is 71.8 Å². The van der Waals surface area contributed by atoms with Crippen molar-refractivity contribution in [2.75, 3.05) is 6.61 Å². The Labute approximate surface area is 153 Å². The number of hydrogen-bond acceptors (Lipinski definition) is 4. The lowest BCUT2D eigenvalue weighted by atomic mass is 10.0. The van der Waals surface area contributed by atoms with Crippen LogP contribution in [0.2, 0.25) is 0 Å². The van der Waals surface area contributed by atoms with Crippen LogP contribution in [0.1, 0.15) is 29.8 Å². The summed E-state index contributed by atoms with van der Waals surface area (Å²) in [6.07, 6.45) is 0.181. The topological polar surface area (TPSA) is 72.5 Å². The molecule has 0 aliphatic heterocycles. The molecule has 2 aromatic rings. The van der Waals surface area contributed by atoms with E-state index in [1.54, 1.807) is 30.3 Å². The molecule has 0 aromatic heterocycles. The van der Waals surface area contributed by atoms with E-state index in [0.29, 0.717) is 5.56 Å². The molecule has 2 rings (SSSR count). The third kappa shape index (κ3) is 5.84. The summed E-state index contributed by atoms with van der Waals surface area (Å²) in [5, 5.41) is 2.70. The first kappa shape index (κ1) is 19.4. The van der Waals surface area contributed by atoms with Gasteiger partial charge in [-0.2, -0.15) is 0 Å². The quantitative estimate of drug-likeness (QED) is 0.585. The molecule has 0 radical (unpaired) electrons. The molecule has 1 atom stereocenters. The van der Waals surface area contributed by atoms with Gasteiger partial charge in [0, 0.05) is 5.56 Å². The van der Waals surface area contributed by atoms with E-state index in [0.717, 1.165) is 5.56 Å². The zero-order valence-electron chi connectivity index (χ0n) is 15.0. The van der Waals surface area contributed by atoms with E-state index in [2.05, 4.69) is 5.32 Å². The van der Waals surface area contributed by atoms with E-state index in [-0.39, 0.29) is 30.6 Å². The fraction of sp³-hybridized carbons (Fsp3) is 0.286. The highest BCUT2D eigenvalue weighted by Gasteiger charge is 2.26. The Morgan fingerprint density at radius 1 is 0.923 bits per heavy atom. The number of nitrogens with one attached hydrogen (secondary N) is 1. The predicted octanol–water partition coefficient (Wildman–Crippen LogP) is 2.80. The summed E-state index contributed by atoms with van der Waals surface area (Å²) in [5.74, 6) is -1.31. The number of carbonyl (C=O) groups excluding carboxylic acids is 3. The molecule has 0 saturated heterocycles. The van der Waals surface area contributed by atoms with Crippen molar-refractivity contribution in [2.45, 2.75) is 26.3 Å². The first-order chi connectivity index (χ1) is 12.5. The minimum Gasteiger partial charge on any atom is -0.456 e. The lowest BCUT2D eigenvalue weighted by molar-refractivity contribution is -0.148. The van der Waals surface area contributed by atoms with E-state index in [1.807, 2.05) is 44.2 Å². The van der Waals surface area contributed by atoms with Crippen LogP contribution >= 0.6 is 0 Å². The second kappa shape index (κ2) is 9.51. The third-order valence-corrected chi connectivity index (χ3v) is 3.89. The Bertz CT molecular complexity index is 741. The Hall–Kier alpha value is -2.95. The van der Waals surface area contributed by atoms with E-state index in [4.69, 9.17) is 4.74 Å². The number of esters is 1. The maximum absolute atomic E-state index is 12.3. The molecule has 0 spiro atoms. The van der Waals surface area contributed by atoms with E-state index in [9.17, 15) is 14.4 Å². The van der Waals surface area contributed by atoms with Crippen LogP contribution in [-0.4, -0.2) is 30.3 Å².